The highest BCUT2D eigenvalue weighted by molar-refractivity contribution is 5.78. The predicted molar refractivity (Wildman–Crippen MR) is 71.6 cm³/mol. The standard InChI is InChI=1S/C14H19NO4/c1-18-12-6-2-5-11(8-12)15-13(14(16)17)10-4-3-7-19-9-10/h2,5-6,8,10,13,15H,3-4,7,9H2,1H3,(H,16,17). The van der Waals surface area contributed by atoms with Crippen LogP contribution in [0.5, 0.6) is 5.75 Å². The van der Waals surface area contributed by atoms with Crippen LogP contribution in [0.1, 0.15) is 12.8 Å². The van der Waals surface area contributed by atoms with Gasteiger partial charge in [0.15, 0.2) is 0 Å². The Balaban J connectivity index is 2.08. The van der Waals surface area contributed by atoms with E-state index in [1.165, 1.54) is 0 Å². The zero-order valence-corrected chi connectivity index (χ0v) is 11.0. The van der Waals surface area contributed by atoms with E-state index in [1.54, 1.807) is 13.2 Å². The molecule has 0 amide bonds. The molecule has 104 valence electrons. The van der Waals surface area contributed by atoms with Gasteiger partial charge in [-0.3, -0.25) is 0 Å². The summed E-state index contributed by atoms with van der Waals surface area (Å²) in [6.45, 7) is 1.22. The molecule has 5 nitrogen and oxygen atoms in total. The van der Waals surface area contributed by atoms with Crippen LogP contribution in [0.15, 0.2) is 24.3 Å². The number of methoxy groups -OCH3 is 1. The fourth-order valence-electron chi connectivity index (χ4n) is 2.30. The molecule has 2 rings (SSSR count). The third-order valence-corrected chi connectivity index (χ3v) is 3.32. The molecule has 1 aliphatic heterocycles. The van der Waals surface area contributed by atoms with Gasteiger partial charge in [0.25, 0.3) is 0 Å². The third kappa shape index (κ3) is 3.61. The summed E-state index contributed by atoms with van der Waals surface area (Å²) in [7, 11) is 1.59. The van der Waals surface area contributed by atoms with Crippen LogP contribution in [0.25, 0.3) is 0 Å². The number of carbonyl (C=O) groups is 1. The Bertz CT molecular complexity index is 429. The second kappa shape index (κ2) is 6.43. The first-order valence-corrected chi connectivity index (χ1v) is 6.42. The molecule has 1 aromatic rings. The second-order valence-corrected chi connectivity index (χ2v) is 4.67. The van der Waals surface area contributed by atoms with Gasteiger partial charge in [-0.2, -0.15) is 0 Å². The quantitative estimate of drug-likeness (QED) is 0.852. The number of hydrogen-bond donors (Lipinski definition) is 2. The first-order valence-electron chi connectivity index (χ1n) is 6.42. The Labute approximate surface area is 112 Å². The predicted octanol–water partition coefficient (Wildman–Crippen LogP) is 1.99. The normalized spacial score (nSPS) is 20.6. The van der Waals surface area contributed by atoms with Crippen LogP contribution in [0, 0.1) is 5.92 Å². The molecule has 19 heavy (non-hydrogen) atoms. The minimum atomic E-state index is -0.849. The number of hydrogen-bond acceptors (Lipinski definition) is 4. The van der Waals surface area contributed by atoms with Gasteiger partial charge in [0, 0.05) is 24.3 Å². The first kappa shape index (κ1) is 13.7. The number of benzene rings is 1. The number of aliphatic carboxylic acids is 1. The van der Waals surface area contributed by atoms with E-state index in [0.717, 1.165) is 25.1 Å². The minimum absolute atomic E-state index is 0.00236. The van der Waals surface area contributed by atoms with Gasteiger partial charge in [-0.1, -0.05) is 6.07 Å². The van der Waals surface area contributed by atoms with Crippen molar-refractivity contribution >= 4 is 11.7 Å². The lowest BCUT2D eigenvalue weighted by Crippen LogP contribution is -2.40. The molecule has 2 atom stereocenters. The number of carboxylic acid groups (broad SMARTS) is 1. The van der Waals surface area contributed by atoms with Gasteiger partial charge in [-0.05, 0) is 25.0 Å². The van der Waals surface area contributed by atoms with Gasteiger partial charge in [0.05, 0.1) is 13.7 Å². The van der Waals surface area contributed by atoms with Crippen molar-refractivity contribution in [2.75, 3.05) is 25.6 Å². The molecule has 0 saturated carbocycles. The summed E-state index contributed by atoms with van der Waals surface area (Å²) in [6, 6.07) is 6.65. The molecule has 1 fully saturated rings. The fraction of sp³-hybridized carbons (Fsp3) is 0.500. The summed E-state index contributed by atoms with van der Waals surface area (Å²) in [5.41, 5.74) is 0.748. The summed E-state index contributed by atoms with van der Waals surface area (Å²) >= 11 is 0. The van der Waals surface area contributed by atoms with Crippen LogP contribution in [-0.4, -0.2) is 37.4 Å². The molecule has 1 heterocycles. The maximum Gasteiger partial charge on any atom is 0.326 e. The van der Waals surface area contributed by atoms with Gasteiger partial charge >= 0.3 is 5.97 Å². The molecule has 0 spiro atoms. The molecule has 0 bridgehead atoms. The Morgan fingerprint density at radius 2 is 2.42 bits per heavy atom. The summed E-state index contributed by atoms with van der Waals surface area (Å²) < 4.78 is 10.5. The topological polar surface area (TPSA) is 67.8 Å². The van der Waals surface area contributed by atoms with Crippen molar-refractivity contribution in [2.24, 2.45) is 5.92 Å². The van der Waals surface area contributed by atoms with Crippen molar-refractivity contribution in [3.8, 4) is 5.75 Å². The molecular formula is C14H19NO4. The largest absolute Gasteiger partial charge is 0.497 e. The van der Waals surface area contributed by atoms with Gasteiger partial charge in [-0.25, -0.2) is 4.79 Å². The Kier molecular flexibility index (Phi) is 4.63. The van der Waals surface area contributed by atoms with Crippen molar-refractivity contribution in [2.45, 2.75) is 18.9 Å². The second-order valence-electron chi connectivity index (χ2n) is 4.67. The van der Waals surface area contributed by atoms with E-state index in [9.17, 15) is 9.90 Å². The van der Waals surface area contributed by atoms with Gasteiger partial charge in [0.1, 0.15) is 11.8 Å². The Hall–Kier alpha value is -1.75. The Morgan fingerprint density at radius 3 is 3.05 bits per heavy atom. The van der Waals surface area contributed by atoms with Crippen LogP contribution < -0.4 is 10.1 Å². The monoisotopic (exact) mass is 265 g/mol. The van der Waals surface area contributed by atoms with Crippen LogP contribution in [-0.2, 0) is 9.53 Å². The first-order chi connectivity index (χ1) is 9.20. The molecule has 0 aliphatic carbocycles. The zero-order chi connectivity index (χ0) is 13.7. The lowest BCUT2D eigenvalue weighted by atomic mass is 9.93. The van der Waals surface area contributed by atoms with Crippen molar-refractivity contribution in [1.82, 2.24) is 0 Å². The highest BCUT2D eigenvalue weighted by atomic mass is 16.5. The van der Waals surface area contributed by atoms with Crippen molar-refractivity contribution in [3.63, 3.8) is 0 Å². The lowest BCUT2D eigenvalue weighted by molar-refractivity contribution is -0.140. The van der Waals surface area contributed by atoms with Gasteiger partial charge in [-0.15, -0.1) is 0 Å². The van der Waals surface area contributed by atoms with Gasteiger partial charge in [0.2, 0.25) is 0 Å². The summed E-state index contributed by atoms with van der Waals surface area (Å²) in [5, 5.41) is 12.4. The van der Waals surface area contributed by atoms with Crippen molar-refractivity contribution in [1.29, 1.82) is 0 Å². The summed E-state index contributed by atoms with van der Waals surface area (Å²) in [6.07, 6.45) is 1.78. The molecule has 0 aromatic heterocycles. The fourth-order valence-corrected chi connectivity index (χ4v) is 2.30. The number of rotatable bonds is 5. The lowest BCUT2D eigenvalue weighted by Gasteiger charge is -2.28. The maximum atomic E-state index is 11.4. The summed E-state index contributed by atoms with van der Waals surface area (Å²) in [4.78, 5) is 11.4. The van der Waals surface area contributed by atoms with E-state index < -0.39 is 12.0 Å². The van der Waals surface area contributed by atoms with E-state index in [4.69, 9.17) is 9.47 Å². The van der Waals surface area contributed by atoms with Crippen LogP contribution in [0.2, 0.25) is 0 Å². The number of ether oxygens (including phenoxy) is 2. The van der Waals surface area contributed by atoms with Crippen molar-refractivity contribution in [3.05, 3.63) is 24.3 Å². The highest BCUT2D eigenvalue weighted by Crippen LogP contribution is 2.23. The van der Waals surface area contributed by atoms with E-state index in [-0.39, 0.29) is 5.92 Å². The molecule has 1 aliphatic rings. The Morgan fingerprint density at radius 1 is 1.58 bits per heavy atom. The number of carboxylic acids is 1. The van der Waals surface area contributed by atoms with Crippen LogP contribution in [0.3, 0.4) is 0 Å². The third-order valence-electron chi connectivity index (χ3n) is 3.32. The number of nitrogens with one attached hydrogen (secondary N) is 1. The summed E-state index contributed by atoms with van der Waals surface area (Å²) in [5.74, 6) is -0.148. The van der Waals surface area contributed by atoms with E-state index in [1.807, 2.05) is 18.2 Å². The minimum Gasteiger partial charge on any atom is -0.497 e. The van der Waals surface area contributed by atoms with E-state index in [2.05, 4.69) is 5.32 Å². The van der Waals surface area contributed by atoms with Gasteiger partial charge < -0.3 is 19.9 Å². The molecule has 0 radical (unpaired) electrons. The smallest absolute Gasteiger partial charge is 0.326 e. The molecular weight excluding hydrogens is 246 g/mol. The van der Waals surface area contributed by atoms with Crippen LogP contribution >= 0.6 is 0 Å². The van der Waals surface area contributed by atoms with Crippen LogP contribution in [0.4, 0.5) is 5.69 Å². The number of anilines is 1. The molecule has 5 heteroatoms. The molecule has 2 N–H and O–H groups in total. The van der Waals surface area contributed by atoms with E-state index in [0.29, 0.717) is 12.4 Å². The zero-order valence-electron chi connectivity index (χ0n) is 11.0. The molecule has 1 saturated heterocycles. The molecule has 1 aromatic carbocycles. The SMILES string of the molecule is COc1cccc(NC(C(=O)O)C2CCCOC2)c1. The van der Waals surface area contributed by atoms with E-state index >= 15 is 0 Å². The average molecular weight is 265 g/mol. The van der Waals surface area contributed by atoms with Crippen molar-refractivity contribution < 1.29 is 19.4 Å². The highest BCUT2D eigenvalue weighted by Gasteiger charge is 2.29. The molecule has 2 unspecified atom stereocenters. The maximum absolute atomic E-state index is 11.4. The average Bonchev–Trinajstić information content (AvgIpc) is 2.45.